The summed E-state index contributed by atoms with van der Waals surface area (Å²) in [5, 5.41) is 0. The normalized spacial score (nSPS) is 17.7. The second kappa shape index (κ2) is 9.28. The minimum Gasteiger partial charge on any atom is -0.363 e. The molecule has 0 saturated carbocycles. The average molecular weight is 363 g/mol. The molecule has 0 radical (unpaired) electrons. The van der Waals surface area contributed by atoms with Gasteiger partial charge in [-0.3, -0.25) is 14.6 Å². The SMILES string of the molecule is CCN(CC)C(=O)CN(C)Cc1cc(N(C)C)nc(C2CCCN2C)n1. The largest absolute Gasteiger partial charge is 0.363 e. The third-order valence-electron chi connectivity index (χ3n) is 5.01. The zero-order valence-corrected chi connectivity index (χ0v) is 17.2. The van der Waals surface area contributed by atoms with E-state index in [1.807, 2.05) is 55.8 Å². The van der Waals surface area contributed by atoms with Crippen LogP contribution in [0.25, 0.3) is 0 Å². The Morgan fingerprint density at radius 1 is 1.23 bits per heavy atom. The molecule has 0 N–H and O–H groups in total. The van der Waals surface area contributed by atoms with Crippen molar-refractivity contribution in [3.05, 3.63) is 17.6 Å². The van der Waals surface area contributed by atoms with Gasteiger partial charge in [0.25, 0.3) is 0 Å². The fourth-order valence-electron chi connectivity index (χ4n) is 3.44. The van der Waals surface area contributed by atoms with Gasteiger partial charge in [0, 0.05) is 39.8 Å². The highest BCUT2D eigenvalue weighted by Gasteiger charge is 2.26. The Kier molecular flexibility index (Phi) is 7.34. The predicted octanol–water partition coefficient (Wildman–Crippen LogP) is 1.61. The van der Waals surface area contributed by atoms with Crippen molar-refractivity contribution in [2.75, 3.05) is 59.3 Å². The summed E-state index contributed by atoms with van der Waals surface area (Å²) < 4.78 is 0. The van der Waals surface area contributed by atoms with Crippen molar-refractivity contribution < 1.29 is 4.79 Å². The van der Waals surface area contributed by atoms with Crippen LogP contribution in [0.15, 0.2) is 6.07 Å². The van der Waals surface area contributed by atoms with Crippen molar-refractivity contribution in [2.24, 2.45) is 0 Å². The van der Waals surface area contributed by atoms with E-state index in [0.717, 1.165) is 43.4 Å². The van der Waals surface area contributed by atoms with Crippen LogP contribution >= 0.6 is 0 Å². The minimum absolute atomic E-state index is 0.162. The number of aromatic nitrogens is 2. The Morgan fingerprint density at radius 2 is 1.92 bits per heavy atom. The predicted molar refractivity (Wildman–Crippen MR) is 105 cm³/mol. The van der Waals surface area contributed by atoms with Crippen LogP contribution < -0.4 is 4.90 Å². The molecule has 0 aromatic carbocycles. The van der Waals surface area contributed by atoms with Crippen molar-refractivity contribution >= 4 is 11.7 Å². The summed E-state index contributed by atoms with van der Waals surface area (Å²) in [5.41, 5.74) is 0.967. The van der Waals surface area contributed by atoms with E-state index in [1.54, 1.807) is 0 Å². The monoisotopic (exact) mass is 362 g/mol. The van der Waals surface area contributed by atoms with Crippen LogP contribution in [0.1, 0.15) is 44.2 Å². The van der Waals surface area contributed by atoms with Crippen LogP contribution in [-0.4, -0.2) is 84.9 Å². The van der Waals surface area contributed by atoms with E-state index < -0.39 is 0 Å². The lowest BCUT2D eigenvalue weighted by Crippen LogP contribution is -2.38. The van der Waals surface area contributed by atoms with Gasteiger partial charge in [0.15, 0.2) is 0 Å². The zero-order valence-electron chi connectivity index (χ0n) is 17.2. The molecule has 2 rings (SSSR count). The summed E-state index contributed by atoms with van der Waals surface area (Å²) in [7, 11) is 8.11. The molecule has 1 aromatic heterocycles. The van der Waals surface area contributed by atoms with E-state index in [0.29, 0.717) is 13.1 Å². The fraction of sp³-hybridized carbons (Fsp3) is 0.737. The maximum Gasteiger partial charge on any atom is 0.236 e. The van der Waals surface area contributed by atoms with Crippen LogP contribution in [0.3, 0.4) is 0 Å². The van der Waals surface area contributed by atoms with Crippen LogP contribution in [0, 0.1) is 0 Å². The first kappa shape index (κ1) is 20.6. The number of hydrogen-bond acceptors (Lipinski definition) is 6. The Morgan fingerprint density at radius 3 is 2.46 bits per heavy atom. The van der Waals surface area contributed by atoms with Gasteiger partial charge < -0.3 is 9.80 Å². The molecule has 7 heteroatoms. The lowest BCUT2D eigenvalue weighted by molar-refractivity contribution is -0.131. The number of hydrogen-bond donors (Lipinski definition) is 0. The summed E-state index contributed by atoms with van der Waals surface area (Å²) in [4.78, 5) is 30.2. The van der Waals surface area contributed by atoms with E-state index in [4.69, 9.17) is 9.97 Å². The lowest BCUT2D eigenvalue weighted by atomic mass is 10.2. The number of amides is 1. The first-order valence-corrected chi connectivity index (χ1v) is 9.57. The van der Waals surface area contributed by atoms with Crippen molar-refractivity contribution in [1.82, 2.24) is 24.7 Å². The molecule has 0 aliphatic carbocycles. The molecule has 1 aromatic rings. The third kappa shape index (κ3) is 5.14. The topological polar surface area (TPSA) is 55.8 Å². The van der Waals surface area contributed by atoms with E-state index in [1.165, 1.54) is 6.42 Å². The summed E-state index contributed by atoms with van der Waals surface area (Å²) in [5.74, 6) is 1.98. The fourth-order valence-corrected chi connectivity index (χ4v) is 3.44. The maximum absolute atomic E-state index is 12.3. The minimum atomic E-state index is 0.162. The summed E-state index contributed by atoms with van der Waals surface area (Å²) in [6.07, 6.45) is 2.29. The molecular formula is C19H34N6O. The quantitative estimate of drug-likeness (QED) is 0.700. The number of likely N-dealkylation sites (N-methyl/N-ethyl adjacent to an activating group) is 2. The first-order valence-electron chi connectivity index (χ1n) is 9.57. The molecule has 1 aliphatic rings. The number of rotatable bonds is 8. The average Bonchev–Trinajstić information content (AvgIpc) is 3.01. The number of nitrogens with zero attached hydrogens (tertiary/aromatic N) is 6. The molecule has 146 valence electrons. The molecule has 7 nitrogen and oxygen atoms in total. The smallest absolute Gasteiger partial charge is 0.236 e. The molecule has 1 fully saturated rings. The first-order chi connectivity index (χ1) is 12.3. The van der Waals surface area contributed by atoms with Gasteiger partial charge in [-0.25, -0.2) is 9.97 Å². The van der Waals surface area contributed by atoms with Gasteiger partial charge in [0.2, 0.25) is 5.91 Å². The van der Waals surface area contributed by atoms with E-state index in [2.05, 4.69) is 11.9 Å². The van der Waals surface area contributed by atoms with Crippen molar-refractivity contribution in [1.29, 1.82) is 0 Å². The molecule has 1 unspecified atom stereocenters. The lowest BCUT2D eigenvalue weighted by Gasteiger charge is -2.24. The molecule has 0 bridgehead atoms. The Labute approximate surface area is 158 Å². The van der Waals surface area contributed by atoms with Gasteiger partial charge in [0.1, 0.15) is 11.6 Å². The van der Waals surface area contributed by atoms with Crippen molar-refractivity contribution in [3.8, 4) is 0 Å². The molecule has 1 aliphatic heterocycles. The van der Waals surface area contributed by atoms with Gasteiger partial charge in [0.05, 0.1) is 18.3 Å². The summed E-state index contributed by atoms with van der Waals surface area (Å²) in [6, 6.07) is 2.31. The van der Waals surface area contributed by atoms with Crippen LogP contribution in [-0.2, 0) is 11.3 Å². The number of anilines is 1. The maximum atomic E-state index is 12.3. The van der Waals surface area contributed by atoms with Crippen molar-refractivity contribution in [2.45, 2.75) is 39.3 Å². The standard InChI is InChI=1S/C19H34N6O/c1-7-25(8-2)18(26)14-23(5)13-15-12-17(22(3)4)21-19(20-15)16-10-9-11-24(16)6/h12,16H,7-11,13-14H2,1-6H3. The van der Waals surface area contributed by atoms with Gasteiger partial charge in [-0.15, -0.1) is 0 Å². The molecule has 26 heavy (non-hydrogen) atoms. The highest BCUT2D eigenvalue weighted by molar-refractivity contribution is 5.78. The van der Waals surface area contributed by atoms with Crippen LogP contribution in [0.4, 0.5) is 5.82 Å². The second-order valence-electron chi connectivity index (χ2n) is 7.35. The highest BCUT2D eigenvalue weighted by Crippen LogP contribution is 2.29. The summed E-state index contributed by atoms with van der Waals surface area (Å²) in [6.45, 7) is 7.66. The number of carbonyl (C=O) groups excluding carboxylic acids is 1. The Hall–Kier alpha value is -1.73. The molecule has 1 atom stereocenters. The van der Waals surface area contributed by atoms with Gasteiger partial charge in [-0.05, 0) is 47.3 Å². The number of carbonyl (C=O) groups is 1. The van der Waals surface area contributed by atoms with Gasteiger partial charge in [-0.1, -0.05) is 0 Å². The molecule has 2 heterocycles. The molecular weight excluding hydrogens is 328 g/mol. The zero-order chi connectivity index (χ0) is 19.3. The van der Waals surface area contributed by atoms with E-state index in [9.17, 15) is 4.79 Å². The van der Waals surface area contributed by atoms with Gasteiger partial charge >= 0.3 is 0 Å². The van der Waals surface area contributed by atoms with Gasteiger partial charge in [-0.2, -0.15) is 0 Å². The van der Waals surface area contributed by atoms with Crippen molar-refractivity contribution in [3.63, 3.8) is 0 Å². The Bertz CT molecular complexity index is 602. The van der Waals surface area contributed by atoms with E-state index in [-0.39, 0.29) is 11.9 Å². The molecule has 1 saturated heterocycles. The third-order valence-corrected chi connectivity index (χ3v) is 5.01. The number of likely N-dealkylation sites (tertiary alicyclic amines) is 1. The summed E-state index contributed by atoms with van der Waals surface area (Å²) >= 11 is 0. The van der Waals surface area contributed by atoms with Crippen LogP contribution in [0.2, 0.25) is 0 Å². The highest BCUT2D eigenvalue weighted by atomic mass is 16.2. The molecule has 1 amide bonds. The molecule has 0 spiro atoms. The second-order valence-corrected chi connectivity index (χ2v) is 7.35. The van der Waals surface area contributed by atoms with Crippen LogP contribution in [0.5, 0.6) is 0 Å². The van der Waals surface area contributed by atoms with E-state index >= 15 is 0 Å². The Balaban J connectivity index is 2.14.